The fourth-order valence-corrected chi connectivity index (χ4v) is 2.77. The van der Waals surface area contributed by atoms with Gasteiger partial charge in [0.1, 0.15) is 5.75 Å². The van der Waals surface area contributed by atoms with Crippen molar-refractivity contribution in [3.05, 3.63) is 95.6 Å². The predicted molar refractivity (Wildman–Crippen MR) is 115 cm³/mol. The van der Waals surface area contributed by atoms with Gasteiger partial charge in [-0.15, -0.1) is 0 Å². The zero-order valence-corrected chi connectivity index (χ0v) is 16.6. The summed E-state index contributed by atoms with van der Waals surface area (Å²) in [5, 5.41) is 5.54. The molecule has 2 amide bonds. The van der Waals surface area contributed by atoms with Crippen molar-refractivity contribution in [3.8, 4) is 5.75 Å². The molecule has 0 aliphatic carbocycles. The molecule has 3 aromatic carbocycles. The minimum atomic E-state index is -0.366. The molecule has 0 saturated carbocycles. The lowest BCUT2D eigenvalue weighted by Gasteiger charge is -2.10. The van der Waals surface area contributed by atoms with Crippen LogP contribution in [0, 0.1) is 0 Å². The highest BCUT2D eigenvalue weighted by Gasteiger charge is 2.09. The number of rotatable bonds is 8. The molecule has 0 bridgehead atoms. The average molecular weight is 402 g/mol. The van der Waals surface area contributed by atoms with E-state index in [1.165, 1.54) is 6.92 Å². The minimum absolute atomic E-state index is 0.0790. The summed E-state index contributed by atoms with van der Waals surface area (Å²) < 4.78 is 5.51. The Kier molecular flexibility index (Phi) is 6.95. The summed E-state index contributed by atoms with van der Waals surface area (Å²) in [6, 6.07) is 22.9. The summed E-state index contributed by atoms with van der Waals surface area (Å²) in [5.41, 5.74) is 2.48. The maximum absolute atomic E-state index is 12.4. The summed E-state index contributed by atoms with van der Waals surface area (Å²) in [6.45, 7) is 1.67. The van der Waals surface area contributed by atoms with E-state index >= 15 is 0 Å². The number of nitrogens with one attached hydrogen (secondary N) is 2. The number of anilines is 1. The number of hydrogen-bond acceptors (Lipinski definition) is 4. The van der Waals surface area contributed by atoms with Crippen molar-refractivity contribution in [1.29, 1.82) is 0 Å². The van der Waals surface area contributed by atoms with Crippen LogP contribution < -0.4 is 15.4 Å². The third kappa shape index (κ3) is 6.04. The van der Waals surface area contributed by atoms with E-state index in [1.807, 2.05) is 30.3 Å². The molecule has 0 aliphatic heterocycles. The van der Waals surface area contributed by atoms with Crippen molar-refractivity contribution < 1.29 is 19.1 Å². The third-order valence-electron chi connectivity index (χ3n) is 4.31. The molecule has 2 N–H and O–H groups in total. The van der Waals surface area contributed by atoms with Gasteiger partial charge in [0.15, 0.2) is 12.4 Å². The number of carbonyl (C=O) groups is 3. The monoisotopic (exact) mass is 402 g/mol. The fourth-order valence-electron chi connectivity index (χ4n) is 2.77. The Hall–Kier alpha value is -3.93. The maximum atomic E-state index is 12.4. The molecule has 3 aromatic rings. The lowest BCUT2D eigenvalue weighted by molar-refractivity contribution is -0.118. The van der Waals surface area contributed by atoms with Crippen LogP contribution in [-0.4, -0.2) is 24.2 Å². The average Bonchev–Trinajstić information content (AvgIpc) is 2.77. The SMILES string of the molecule is CC(=O)c1cccc(NC(=O)COc2cccc(C(=O)NCc3ccccc3)c2)c1. The van der Waals surface area contributed by atoms with Gasteiger partial charge in [-0.2, -0.15) is 0 Å². The number of ketones is 1. The van der Waals surface area contributed by atoms with Crippen molar-refractivity contribution in [2.45, 2.75) is 13.5 Å². The van der Waals surface area contributed by atoms with Crippen LogP contribution in [0.25, 0.3) is 0 Å². The van der Waals surface area contributed by atoms with Gasteiger partial charge < -0.3 is 15.4 Å². The van der Waals surface area contributed by atoms with E-state index in [4.69, 9.17) is 4.74 Å². The van der Waals surface area contributed by atoms with Gasteiger partial charge in [-0.25, -0.2) is 0 Å². The van der Waals surface area contributed by atoms with Gasteiger partial charge in [-0.1, -0.05) is 48.5 Å². The molecule has 0 atom stereocenters. The molecule has 0 heterocycles. The highest BCUT2D eigenvalue weighted by atomic mass is 16.5. The zero-order valence-electron chi connectivity index (χ0n) is 16.6. The van der Waals surface area contributed by atoms with E-state index in [1.54, 1.807) is 48.5 Å². The van der Waals surface area contributed by atoms with Gasteiger partial charge in [0.25, 0.3) is 11.8 Å². The summed E-state index contributed by atoms with van der Waals surface area (Å²) >= 11 is 0. The Morgan fingerprint density at radius 3 is 2.33 bits per heavy atom. The van der Waals surface area contributed by atoms with Crippen LogP contribution in [0.3, 0.4) is 0 Å². The van der Waals surface area contributed by atoms with Gasteiger partial charge in [0, 0.05) is 23.4 Å². The van der Waals surface area contributed by atoms with E-state index in [0.29, 0.717) is 29.1 Å². The fraction of sp³-hybridized carbons (Fsp3) is 0.125. The molecule has 0 aromatic heterocycles. The topological polar surface area (TPSA) is 84.5 Å². The zero-order chi connectivity index (χ0) is 21.3. The molecule has 3 rings (SSSR count). The van der Waals surface area contributed by atoms with Crippen LogP contribution in [-0.2, 0) is 11.3 Å². The molecule has 0 aliphatic rings. The van der Waals surface area contributed by atoms with Crippen molar-refractivity contribution in [3.63, 3.8) is 0 Å². The summed E-state index contributed by atoms with van der Waals surface area (Å²) in [5.74, 6) is -0.260. The van der Waals surface area contributed by atoms with Gasteiger partial charge in [-0.3, -0.25) is 14.4 Å². The molecular formula is C24H22N2O4. The smallest absolute Gasteiger partial charge is 0.262 e. The Bertz CT molecular complexity index is 1050. The Balaban J connectivity index is 1.53. The van der Waals surface area contributed by atoms with Crippen LogP contribution in [0.1, 0.15) is 33.2 Å². The van der Waals surface area contributed by atoms with Crippen LogP contribution in [0.5, 0.6) is 5.75 Å². The number of Topliss-reactive ketones (excluding diaryl/α,β-unsaturated/α-hetero) is 1. The van der Waals surface area contributed by atoms with Crippen molar-refractivity contribution in [2.75, 3.05) is 11.9 Å². The van der Waals surface area contributed by atoms with Crippen molar-refractivity contribution in [2.24, 2.45) is 0 Å². The van der Waals surface area contributed by atoms with E-state index in [9.17, 15) is 14.4 Å². The largest absolute Gasteiger partial charge is 0.484 e. The lowest BCUT2D eigenvalue weighted by atomic mass is 10.1. The Labute approximate surface area is 174 Å². The Morgan fingerprint density at radius 1 is 0.833 bits per heavy atom. The quantitative estimate of drug-likeness (QED) is 0.561. The Morgan fingerprint density at radius 2 is 1.57 bits per heavy atom. The maximum Gasteiger partial charge on any atom is 0.262 e. The first kappa shape index (κ1) is 20.8. The van der Waals surface area contributed by atoms with Gasteiger partial charge in [-0.05, 0) is 42.8 Å². The second-order valence-electron chi connectivity index (χ2n) is 6.67. The number of carbonyl (C=O) groups excluding carboxylic acids is 3. The number of amides is 2. The molecule has 6 nitrogen and oxygen atoms in total. The third-order valence-corrected chi connectivity index (χ3v) is 4.31. The predicted octanol–water partition coefficient (Wildman–Crippen LogP) is 3.84. The van der Waals surface area contributed by atoms with E-state index in [2.05, 4.69) is 10.6 Å². The number of hydrogen-bond donors (Lipinski definition) is 2. The first-order chi connectivity index (χ1) is 14.5. The number of benzene rings is 3. The first-order valence-corrected chi connectivity index (χ1v) is 9.47. The van der Waals surface area contributed by atoms with E-state index < -0.39 is 0 Å². The van der Waals surface area contributed by atoms with Gasteiger partial charge >= 0.3 is 0 Å². The van der Waals surface area contributed by atoms with Gasteiger partial charge in [0.2, 0.25) is 0 Å². The van der Waals surface area contributed by atoms with Gasteiger partial charge in [0.05, 0.1) is 0 Å². The summed E-state index contributed by atoms with van der Waals surface area (Å²) in [4.78, 5) is 35.9. The van der Waals surface area contributed by atoms with Crippen LogP contribution in [0.15, 0.2) is 78.9 Å². The second-order valence-corrected chi connectivity index (χ2v) is 6.67. The lowest BCUT2D eigenvalue weighted by Crippen LogP contribution is -2.23. The van der Waals surface area contributed by atoms with E-state index in [-0.39, 0.29) is 24.2 Å². The number of ether oxygens (including phenoxy) is 1. The molecule has 152 valence electrons. The second kappa shape index (κ2) is 10.0. The molecule has 6 heteroatoms. The normalized spacial score (nSPS) is 10.2. The van der Waals surface area contributed by atoms with Crippen molar-refractivity contribution >= 4 is 23.3 Å². The molecule has 0 saturated heterocycles. The molecule has 0 spiro atoms. The molecule has 0 radical (unpaired) electrons. The molecule has 30 heavy (non-hydrogen) atoms. The first-order valence-electron chi connectivity index (χ1n) is 9.47. The highest BCUT2D eigenvalue weighted by Crippen LogP contribution is 2.15. The minimum Gasteiger partial charge on any atom is -0.484 e. The van der Waals surface area contributed by atoms with Crippen LogP contribution >= 0.6 is 0 Å². The summed E-state index contributed by atoms with van der Waals surface area (Å²) in [6.07, 6.45) is 0. The molecule has 0 unspecified atom stereocenters. The standard InChI is InChI=1S/C24H22N2O4/c1-17(27)19-9-5-11-21(13-19)26-23(28)16-30-22-12-6-10-20(14-22)24(29)25-15-18-7-3-2-4-8-18/h2-14H,15-16H2,1H3,(H,25,29)(H,26,28). The van der Waals surface area contributed by atoms with Crippen LogP contribution in [0.4, 0.5) is 5.69 Å². The van der Waals surface area contributed by atoms with E-state index in [0.717, 1.165) is 5.56 Å². The van der Waals surface area contributed by atoms with Crippen molar-refractivity contribution in [1.82, 2.24) is 5.32 Å². The highest BCUT2D eigenvalue weighted by molar-refractivity contribution is 5.97. The molecule has 0 fully saturated rings. The van der Waals surface area contributed by atoms with Crippen LogP contribution in [0.2, 0.25) is 0 Å². The summed E-state index contributed by atoms with van der Waals surface area (Å²) in [7, 11) is 0. The molecular weight excluding hydrogens is 380 g/mol.